The van der Waals surface area contributed by atoms with Gasteiger partial charge in [-0.15, -0.1) is 0 Å². The van der Waals surface area contributed by atoms with Crippen molar-refractivity contribution in [3.63, 3.8) is 0 Å². The van der Waals surface area contributed by atoms with Crippen LogP contribution in [0, 0.1) is 0 Å². The predicted octanol–water partition coefficient (Wildman–Crippen LogP) is 13.8. The highest BCUT2D eigenvalue weighted by atomic mass is 16.4. The summed E-state index contributed by atoms with van der Waals surface area (Å²) >= 11 is 0. The lowest BCUT2D eigenvalue weighted by Gasteiger charge is -2.08. The molecule has 52 heavy (non-hydrogen) atoms. The van der Waals surface area contributed by atoms with E-state index < -0.39 is 11.9 Å². The minimum atomic E-state index is -0.690. The zero-order valence-electron chi connectivity index (χ0n) is 33.9. The Hall–Kier alpha value is -1.66. The number of rotatable bonds is 43. The molecular weight excluding hydrogens is 649 g/mol. The highest BCUT2D eigenvalue weighted by Crippen LogP contribution is 2.17. The molecule has 0 spiro atoms. The van der Waals surface area contributed by atoms with Crippen LogP contribution in [0.25, 0.3) is 0 Å². The van der Waals surface area contributed by atoms with E-state index in [0.717, 1.165) is 116 Å². The van der Waals surface area contributed by atoms with Gasteiger partial charge in [0.2, 0.25) is 0 Å². The third-order valence-electron chi connectivity index (χ3n) is 10.5. The van der Waals surface area contributed by atoms with E-state index >= 15 is 0 Å². The van der Waals surface area contributed by atoms with E-state index in [4.69, 9.17) is 10.2 Å². The third-order valence-corrected chi connectivity index (χ3v) is 10.5. The number of carboxylic acids is 2. The zero-order valence-corrected chi connectivity index (χ0v) is 33.9. The van der Waals surface area contributed by atoms with Gasteiger partial charge in [0, 0.05) is 12.8 Å². The lowest BCUT2D eigenvalue weighted by Crippen LogP contribution is -2.04. The van der Waals surface area contributed by atoms with Crippen molar-refractivity contribution < 1.29 is 30.0 Å². The Morgan fingerprint density at radius 2 is 0.558 bits per heavy atom. The maximum absolute atomic E-state index is 10.5. The maximum Gasteiger partial charge on any atom is 0.303 e. The number of hydrogen-bond donors (Lipinski definition) is 4. The van der Waals surface area contributed by atoms with Gasteiger partial charge in [-0.2, -0.15) is 0 Å². The van der Waals surface area contributed by atoms with E-state index in [1.807, 2.05) is 0 Å². The van der Waals surface area contributed by atoms with Crippen LogP contribution in [0.3, 0.4) is 0 Å². The molecule has 0 saturated heterocycles. The van der Waals surface area contributed by atoms with E-state index in [9.17, 15) is 19.8 Å². The highest BCUT2D eigenvalue weighted by Gasteiger charge is 2.03. The van der Waals surface area contributed by atoms with Crippen LogP contribution in [0.4, 0.5) is 0 Å². The van der Waals surface area contributed by atoms with Gasteiger partial charge in [0.25, 0.3) is 0 Å². The molecule has 0 aliphatic carbocycles. The van der Waals surface area contributed by atoms with Gasteiger partial charge in [-0.25, -0.2) is 0 Å². The molecule has 0 aliphatic heterocycles. The number of unbranched alkanes of at least 4 members (excludes halogenated alkanes) is 29. The van der Waals surface area contributed by atoms with Gasteiger partial charge in [0.05, 0.1) is 12.2 Å². The van der Waals surface area contributed by atoms with Crippen molar-refractivity contribution in [2.45, 2.75) is 256 Å². The Balaban J connectivity index is 3.25. The minimum absolute atomic E-state index is 0.196. The lowest BCUT2D eigenvalue weighted by atomic mass is 10.0. The monoisotopic (exact) mass is 735 g/mol. The summed E-state index contributed by atoms with van der Waals surface area (Å²) in [5, 5.41) is 37.7. The van der Waals surface area contributed by atoms with Crippen LogP contribution in [0.5, 0.6) is 0 Å². The van der Waals surface area contributed by atoms with Crippen molar-refractivity contribution in [1.82, 2.24) is 0 Å². The first-order valence-electron chi connectivity index (χ1n) is 22.5. The fraction of sp³-hybridized carbons (Fsp3) is 0.870. The molecular formula is C46H86O6. The van der Waals surface area contributed by atoms with E-state index in [-0.39, 0.29) is 12.2 Å². The molecule has 306 valence electrons. The summed E-state index contributed by atoms with van der Waals surface area (Å²) in [4.78, 5) is 21.0. The average molecular weight is 735 g/mol. The van der Waals surface area contributed by atoms with Crippen LogP contribution in [0.15, 0.2) is 24.3 Å². The van der Waals surface area contributed by atoms with Crippen LogP contribution >= 0.6 is 0 Å². The van der Waals surface area contributed by atoms with Crippen LogP contribution in [-0.4, -0.2) is 44.6 Å². The van der Waals surface area contributed by atoms with Crippen molar-refractivity contribution in [2.24, 2.45) is 0 Å². The number of aliphatic hydroxyl groups is 2. The summed E-state index contributed by atoms with van der Waals surface area (Å²) in [7, 11) is 0. The summed E-state index contributed by atoms with van der Waals surface area (Å²) < 4.78 is 0. The van der Waals surface area contributed by atoms with Crippen LogP contribution in [0.1, 0.15) is 244 Å². The zero-order chi connectivity index (χ0) is 38.0. The first-order valence-corrected chi connectivity index (χ1v) is 22.5. The fourth-order valence-electron chi connectivity index (χ4n) is 7.06. The molecule has 0 amide bonds. The summed E-state index contributed by atoms with van der Waals surface area (Å²) in [6, 6.07) is 0. The van der Waals surface area contributed by atoms with Crippen molar-refractivity contribution in [3.8, 4) is 0 Å². The van der Waals surface area contributed by atoms with Crippen LogP contribution < -0.4 is 0 Å². The topological polar surface area (TPSA) is 115 Å². The van der Waals surface area contributed by atoms with Gasteiger partial charge in [-0.3, -0.25) is 9.59 Å². The molecule has 0 aromatic carbocycles. The summed E-state index contributed by atoms with van der Waals surface area (Å²) in [5.41, 5.74) is 0. The molecule has 6 heteroatoms. The van der Waals surface area contributed by atoms with Crippen LogP contribution in [0.2, 0.25) is 0 Å². The summed E-state index contributed by atoms with van der Waals surface area (Å²) in [5.74, 6) is -1.38. The number of aliphatic carboxylic acids is 2. The molecule has 2 atom stereocenters. The van der Waals surface area contributed by atoms with Crippen LogP contribution in [-0.2, 0) is 9.59 Å². The van der Waals surface area contributed by atoms with Gasteiger partial charge < -0.3 is 20.4 Å². The maximum atomic E-state index is 10.5. The molecule has 0 aromatic heterocycles. The Kier molecular flexibility index (Phi) is 40.7. The number of carbonyl (C=O) groups is 2. The van der Waals surface area contributed by atoms with Gasteiger partial charge >= 0.3 is 11.9 Å². The van der Waals surface area contributed by atoms with Crippen molar-refractivity contribution >= 4 is 11.9 Å². The van der Waals surface area contributed by atoms with Gasteiger partial charge in [-0.05, 0) is 64.2 Å². The third kappa shape index (κ3) is 44.5. The Labute approximate surface area is 321 Å². The Morgan fingerprint density at radius 3 is 0.827 bits per heavy atom. The van der Waals surface area contributed by atoms with Gasteiger partial charge in [0.15, 0.2) is 0 Å². The largest absolute Gasteiger partial charge is 0.481 e. The summed E-state index contributed by atoms with van der Waals surface area (Å²) in [6.07, 6.45) is 51.7. The molecule has 0 bridgehead atoms. The smallest absolute Gasteiger partial charge is 0.303 e. The molecule has 0 unspecified atom stereocenters. The molecule has 4 N–H and O–H groups in total. The van der Waals surface area contributed by atoms with E-state index in [1.165, 1.54) is 116 Å². The Morgan fingerprint density at radius 1 is 0.327 bits per heavy atom. The molecule has 0 radical (unpaired) electrons. The number of carboxylic acid groups (broad SMARTS) is 2. The van der Waals surface area contributed by atoms with E-state index in [2.05, 4.69) is 24.3 Å². The second-order valence-corrected chi connectivity index (χ2v) is 15.8. The lowest BCUT2D eigenvalue weighted by molar-refractivity contribution is -0.138. The number of hydrogen-bond acceptors (Lipinski definition) is 4. The standard InChI is InChI=1S/C46H86O6/c47-43(39-33-27-21-15-17-23-29-35-41-45(49)50)37-31-25-19-13-11-9-7-5-3-1-2-4-6-8-10-12-14-20-26-32-38-44(48)40-34-28-22-16-18-24-30-36-42-46(51)52/h27-28,33-34,43-44,47-48H,1-26,29-32,35-42H2,(H,49,50)(H,51,52)/b33-27-,34-28-/t43-,44-/m1/s1. The van der Waals surface area contributed by atoms with Crippen molar-refractivity contribution in [1.29, 1.82) is 0 Å². The molecule has 0 fully saturated rings. The normalized spacial score (nSPS) is 13.0. The highest BCUT2D eigenvalue weighted by molar-refractivity contribution is 5.66. The second-order valence-electron chi connectivity index (χ2n) is 15.8. The van der Waals surface area contributed by atoms with Crippen molar-refractivity contribution in [3.05, 3.63) is 24.3 Å². The van der Waals surface area contributed by atoms with E-state index in [1.54, 1.807) is 0 Å². The summed E-state index contributed by atoms with van der Waals surface area (Å²) in [6.45, 7) is 0. The average Bonchev–Trinajstić information content (AvgIpc) is 3.11. The van der Waals surface area contributed by atoms with Gasteiger partial charge in [0.1, 0.15) is 0 Å². The molecule has 0 saturated carbocycles. The van der Waals surface area contributed by atoms with Crippen molar-refractivity contribution in [2.75, 3.05) is 0 Å². The number of allylic oxidation sites excluding steroid dienone is 2. The second kappa shape index (κ2) is 42.1. The minimum Gasteiger partial charge on any atom is -0.481 e. The molecule has 0 aromatic rings. The van der Waals surface area contributed by atoms with E-state index in [0.29, 0.717) is 12.8 Å². The molecule has 0 rings (SSSR count). The first kappa shape index (κ1) is 50.3. The quantitative estimate of drug-likeness (QED) is 0.0366. The molecule has 0 aliphatic rings. The SMILES string of the molecule is O=C(O)CCCCCCC/C=C\C[C@H](O)CCCCCCCCCCCCCCCCCCCCCC[C@@H](O)C/C=C\CCCCCCCC(=O)O. The molecule has 6 nitrogen and oxygen atoms in total. The number of aliphatic hydroxyl groups excluding tert-OH is 2. The molecule has 0 heterocycles. The predicted molar refractivity (Wildman–Crippen MR) is 221 cm³/mol. The van der Waals surface area contributed by atoms with Gasteiger partial charge in [-0.1, -0.05) is 191 Å². The Bertz CT molecular complexity index is 743. The first-order chi connectivity index (χ1) is 25.4. The fourth-order valence-corrected chi connectivity index (χ4v) is 7.06.